The van der Waals surface area contributed by atoms with Crippen LogP contribution in [0.5, 0.6) is 0 Å². The van der Waals surface area contributed by atoms with Crippen LogP contribution in [0.3, 0.4) is 0 Å². The van der Waals surface area contributed by atoms with Crippen LogP contribution in [0.4, 0.5) is 0 Å². The number of nitrogens with zero attached hydrogens (tertiary/aromatic N) is 2. The van der Waals surface area contributed by atoms with Gasteiger partial charge in [0, 0.05) is 24.1 Å². The molecule has 0 bridgehead atoms. The summed E-state index contributed by atoms with van der Waals surface area (Å²) >= 11 is 1.39. The van der Waals surface area contributed by atoms with Crippen molar-refractivity contribution in [1.82, 2.24) is 10.2 Å². The van der Waals surface area contributed by atoms with Crippen LogP contribution < -0.4 is 5.73 Å². The second-order valence-electron chi connectivity index (χ2n) is 3.88. The lowest BCUT2D eigenvalue weighted by Gasteiger charge is -2.10. The van der Waals surface area contributed by atoms with Crippen LogP contribution in [0.1, 0.15) is 16.8 Å². The number of hydrogen-bond acceptors (Lipinski definition) is 6. The van der Waals surface area contributed by atoms with E-state index in [1.807, 2.05) is 13.8 Å². The molecule has 0 aliphatic heterocycles. The van der Waals surface area contributed by atoms with Gasteiger partial charge in [-0.3, -0.25) is 0 Å². The predicted octanol–water partition coefficient (Wildman–Crippen LogP) is 0.689. The summed E-state index contributed by atoms with van der Waals surface area (Å²) in [6.45, 7) is 4.22. The van der Waals surface area contributed by atoms with Gasteiger partial charge < -0.3 is 5.73 Å². The fourth-order valence-corrected chi connectivity index (χ4v) is 3.53. The summed E-state index contributed by atoms with van der Waals surface area (Å²) in [5.74, 6) is 0.610. The minimum atomic E-state index is -2.93. The molecule has 1 rings (SSSR count). The van der Waals surface area contributed by atoms with E-state index in [-0.39, 0.29) is 5.75 Å². The monoisotopic (exact) mass is 275 g/mol. The molecule has 0 aliphatic rings. The molecule has 0 spiro atoms. The molecule has 0 atom stereocenters. The zero-order valence-corrected chi connectivity index (χ0v) is 11.9. The summed E-state index contributed by atoms with van der Waals surface area (Å²) in [5, 5.41) is 8.83. The van der Waals surface area contributed by atoms with Crippen molar-refractivity contribution in [1.29, 1.82) is 0 Å². The number of hydrogen-bond donors (Lipinski definition) is 1. The highest BCUT2D eigenvalue weighted by Gasteiger charge is 2.11. The van der Waals surface area contributed by atoms with Gasteiger partial charge in [-0.05, 0) is 19.4 Å². The Hall–Kier alpha value is -0.660. The van der Waals surface area contributed by atoms with Gasteiger partial charge >= 0.3 is 0 Å². The zero-order valence-electron chi connectivity index (χ0n) is 10.2. The molecule has 2 N–H and O–H groups in total. The number of thioether (sulfide) groups is 1. The molecule has 0 fully saturated rings. The molecule has 0 aromatic carbocycles. The van der Waals surface area contributed by atoms with E-state index in [9.17, 15) is 8.42 Å². The highest BCUT2D eigenvalue weighted by molar-refractivity contribution is 8.00. The molecule has 0 amide bonds. The van der Waals surface area contributed by atoms with Gasteiger partial charge in [0.2, 0.25) is 0 Å². The van der Waals surface area contributed by atoms with Crippen LogP contribution >= 0.6 is 11.8 Å². The molecule has 96 valence electrons. The number of rotatable bonds is 5. The first kappa shape index (κ1) is 14.4. The molecule has 5 nitrogen and oxygen atoms in total. The van der Waals surface area contributed by atoms with E-state index in [4.69, 9.17) is 5.73 Å². The first-order valence-electron chi connectivity index (χ1n) is 5.18. The van der Waals surface area contributed by atoms with Crippen molar-refractivity contribution in [3.63, 3.8) is 0 Å². The molecule has 0 saturated heterocycles. The standard InChI is InChI=1S/C10H17N3O2S2/c1-7-8(2)12-13-10(9(7)6-11)16-4-5-17(3,14)15/h4-6,11H2,1-3H3. The van der Waals surface area contributed by atoms with Crippen LogP contribution in [-0.2, 0) is 16.4 Å². The summed E-state index contributed by atoms with van der Waals surface area (Å²) in [7, 11) is -2.93. The maximum Gasteiger partial charge on any atom is 0.148 e. The Morgan fingerprint density at radius 1 is 1.29 bits per heavy atom. The smallest absolute Gasteiger partial charge is 0.148 e. The Labute approximate surface area is 106 Å². The maximum absolute atomic E-state index is 11.0. The lowest BCUT2D eigenvalue weighted by molar-refractivity contribution is 0.603. The second kappa shape index (κ2) is 5.79. The molecule has 0 radical (unpaired) electrons. The fourth-order valence-electron chi connectivity index (χ4n) is 1.28. The van der Waals surface area contributed by atoms with Crippen molar-refractivity contribution in [2.24, 2.45) is 5.73 Å². The van der Waals surface area contributed by atoms with Gasteiger partial charge in [0.1, 0.15) is 14.9 Å². The average Bonchev–Trinajstić information content (AvgIpc) is 2.22. The average molecular weight is 275 g/mol. The summed E-state index contributed by atoms with van der Waals surface area (Å²) in [4.78, 5) is 0. The Balaban J connectivity index is 2.81. The first-order chi connectivity index (χ1) is 7.85. The van der Waals surface area contributed by atoms with Gasteiger partial charge in [0.25, 0.3) is 0 Å². The van der Waals surface area contributed by atoms with E-state index in [1.54, 1.807) is 0 Å². The summed E-state index contributed by atoms with van der Waals surface area (Å²) < 4.78 is 22.0. The lowest BCUT2D eigenvalue weighted by Crippen LogP contribution is -2.09. The Kier molecular flexibility index (Phi) is 4.91. The molecular formula is C10H17N3O2S2. The predicted molar refractivity (Wildman–Crippen MR) is 69.8 cm³/mol. The van der Waals surface area contributed by atoms with E-state index in [0.717, 1.165) is 21.8 Å². The second-order valence-corrected chi connectivity index (χ2v) is 7.22. The van der Waals surface area contributed by atoms with E-state index in [1.165, 1.54) is 18.0 Å². The molecule has 0 aliphatic carbocycles. The van der Waals surface area contributed by atoms with Crippen LogP contribution in [-0.4, -0.2) is 36.4 Å². The van der Waals surface area contributed by atoms with Gasteiger partial charge in [0.05, 0.1) is 11.4 Å². The number of nitrogens with two attached hydrogens (primary N) is 1. The van der Waals surface area contributed by atoms with Crippen molar-refractivity contribution in [3.05, 3.63) is 16.8 Å². The van der Waals surface area contributed by atoms with Gasteiger partial charge in [-0.1, -0.05) is 0 Å². The Bertz CT molecular complexity index is 501. The summed E-state index contributed by atoms with van der Waals surface area (Å²) in [6, 6.07) is 0. The van der Waals surface area contributed by atoms with E-state index in [0.29, 0.717) is 12.3 Å². The van der Waals surface area contributed by atoms with E-state index < -0.39 is 9.84 Å². The summed E-state index contributed by atoms with van der Waals surface area (Å²) in [5.41, 5.74) is 8.52. The number of aromatic nitrogens is 2. The van der Waals surface area contributed by atoms with E-state index >= 15 is 0 Å². The molecule has 0 saturated carbocycles. The zero-order chi connectivity index (χ0) is 13.1. The lowest BCUT2D eigenvalue weighted by atomic mass is 10.1. The third kappa shape index (κ3) is 4.25. The van der Waals surface area contributed by atoms with Gasteiger partial charge in [-0.2, -0.15) is 5.10 Å². The van der Waals surface area contributed by atoms with Crippen LogP contribution in [0.2, 0.25) is 0 Å². The largest absolute Gasteiger partial charge is 0.326 e. The highest BCUT2D eigenvalue weighted by atomic mass is 32.2. The molecular weight excluding hydrogens is 258 g/mol. The topological polar surface area (TPSA) is 85.9 Å². The molecule has 0 unspecified atom stereocenters. The minimum absolute atomic E-state index is 0.135. The van der Waals surface area contributed by atoms with Gasteiger partial charge in [-0.25, -0.2) is 8.42 Å². The highest BCUT2D eigenvalue weighted by Crippen LogP contribution is 2.23. The molecule has 7 heteroatoms. The quantitative estimate of drug-likeness (QED) is 0.796. The first-order valence-corrected chi connectivity index (χ1v) is 8.23. The van der Waals surface area contributed by atoms with Crippen molar-refractivity contribution in [2.75, 3.05) is 17.8 Å². The van der Waals surface area contributed by atoms with Gasteiger partial charge in [-0.15, -0.1) is 16.9 Å². The van der Waals surface area contributed by atoms with Gasteiger partial charge in [0.15, 0.2) is 0 Å². The van der Waals surface area contributed by atoms with Crippen LogP contribution in [0.15, 0.2) is 5.03 Å². The number of sulfone groups is 1. The van der Waals surface area contributed by atoms with Crippen molar-refractivity contribution in [3.8, 4) is 0 Å². The van der Waals surface area contributed by atoms with E-state index in [2.05, 4.69) is 10.2 Å². The molecule has 1 heterocycles. The third-order valence-corrected chi connectivity index (χ3v) is 4.66. The SMILES string of the molecule is Cc1nnc(SCCS(C)(=O)=O)c(CN)c1C. The van der Waals surface area contributed by atoms with Crippen LogP contribution in [0.25, 0.3) is 0 Å². The van der Waals surface area contributed by atoms with Crippen molar-refractivity contribution in [2.45, 2.75) is 25.4 Å². The molecule has 17 heavy (non-hydrogen) atoms. The van der Waals surface area contributed by atoms with Crippen molar-refractivity contribution >= 4 is 21.6 Å². The third-order valence-electron chi connectivity index (χ3n) is 2.44. The normalized spacial score (nSPS) is 11.8. The summed E-state index contributed by atoms with van der Waals surface area (Å²) in [6.07, 6.45) is 1.23. The fraction of sp³-hybridized carbons (Fsp3) is 0.600. The van der Waals surface area contributed by atoms with Crippen molar-refractivity contribution < 1.29 is 8.42 Å². The number of aryl methyl sites for hydroxylation is 1. The minimum Gasteiger partial charge on any atom is -0.326 e. The van der Waals surface area contributed by atoms with Crippen LogP contribution in [0, 0.1) is 13.8 Å². The molecule has 1 aromatic rings. The Morgan fingerprint density at radius 2 is 1.94 bits per heavy atom. The maximum atomic E-state index is 11.0. The Morgan fingerprint density at radius 3 is 2.47 bits per heavy atom. The molecule has 1 aromatic heterocycles.